The van der Waals surface area contributed by atoms with E-state index in [1.165, 1.54) is 6.92 Å². The Kier molecular flexibility index (Phi) is 4.54. The number of β-lactam (4-membered cyclic amide) rings is 1. The number of carbonyl (C=O) groups excluding carboxylic acids is 2. The predicted molar refractivity (Wildman–Crippen MR) is 76.3 cm³/mol. The second-order valence-electron chi connectivity index (χ2n) is 4.63. The number of amides is 1. The second-order valence-corrected chi connectivity index (χ2v) is 7.69. The third-order valence-corrected chi connectivity index (χ3v) is 6.41. The van der Waals surface area contributed by atoms with Crippen molar-refractivity contribution in [3.63, 3.8) is 0 Å². The summed E-state index contributed by atoms with van der Waals surface area (Å²) in [6.07, 6.45) is -0.645. The van der Waals surface area contributed by atoms with Gasteiger partial charge in [-0.3, -0.25) is 14.5 Å². The molecule has 4 atom stereocenters. The molecule has 116 valence electrons. The van der Waals surface area contributed by atoms with Gasteiger partial charge < -0.3 is 14.4 Å². The smallest absolute Gasteiger partial charge is 0.358 e. The lowest BCUT2D eigenvalue weighted by Crippen LogP contribution is -2.61. The Morgan fingerprint density at radius 3 is 2.67 bits per heavy atom. The molecule has 0 aromatic carbocycles. The molecular formula is C12H15NO6S2. The average molecular weight is 333 g/mol. The van der Waals surface area contributed by atoms with Crippen LogP contribution in [0.1, 0.15) is 20.8 Å². The molecule has 0 bridgehead atoms. The van der Waals surface area contributed by atoms with Gasteiger partial charge in [0.05, 0.1) is 0 Å². The van der Waals surface area contributed by atoms with Crippen LogP contribution in [0.15, 0.2) is 9.93 Å². The number of hydrogen-bond donors (Lipinski definition) is 1. The van der Waals surface area contributed by atoms with Gasteiger partial charge in [0, 0.05) is 6.92 Å². The summed E-state index contributed by atoms with van der Waals surface area (Å²) in [5.74, 6) is -2.52. The number of thioether (sulfide) groups is 1. The van der Waals surface area contributed by atoms with Crippen LogP contribution in [-0.2, 0) is 30.3 Å². The third kappa shape index (κ3) is 2.65. The van der Waals surface area contributed by atoms with Crippen molar-refractivity contribution in [3.8, 4) is 0 Å². The van der Waals surface area contributed by atoms with Crippen molar-refractivity contribution < 1.29 is 28.8 Å². The zero-order valence-corrected chi connectivity index (χ0v) is 13.3. The molecule has 2 aliphatic rings. The topological polar surface area (TPSA) is 107 Å². The van der Waals surface area contributed by atoms with Crippen LogP contribution in [0.4, 0.5) is 0 Å². The fourth-order valence-electron chi connectivity index (χ4n) is 2.36. The molecule has 9 heteroatoms. The molecule has 2 aliphatic heterocycles. The molecule has 7 nitrogen and oxygen atoms in total. The molecule has 0 aromatic heterocycles. The number of nitrogens with zero attached hydrogens (tertiary/aromatic N) is 1. The summed E-state index contributed by atoms with van der Waals surface area (Å²) in [6, 6.07) is 0. The third-order valence-electron chi connectivity index (χ3n) is 3.28. The number of hydrogen-bond acceptors (Lipinski definition) is 6. The largest absolute Gasteiger partial charge is 0.611 e. The van der Waals surface area contributed by atoms with E-state index in [0.29, 0.717) is 0 Å². The summed E-state index contributed by atoms with van der Waals surface area (Å²) in [7, 11) is 0. The Hall–Kier alpha value is -1.19. The van der Waals surface area contributed by atoms with Crippen LogP contribution in [0.25, 0.3) is 0 Å². The Labute approximate surface area is 128 Å². The summed E-state index contributed by atoms with van der Waals surface area (Å²) >= 11 is -0.339. The van der Waals surface area contributed by atoms with E-state index in [4.69, 9.17) is 4.74 Å². The summed E-state index contributed by atoms with van der Waals surface area (Å²) in [4.78, 5) is 35.6. The molecule has 21 heavy (non-hydrogen) atoms. The second kappa shape index (κ2) is 5.90. The van der Waals surface area contributed by atoms with E-state index >= 15 is 0 Å². The van der Waals surface area contributed by atoms with Crippen LogP contribution < -0.4 is 0 Å². The molecule has 0 spiro atoms. The molecule has 0 saturated carbocycles. The van der Waals surface area contributed by atoms with E-state index in [-0.39, 0.29) is 15.7 Å². The normalized spacial score (nSPS) is 27.0. The number of carboxylic acids is 1. The van der Waals surface area contributed by atoms with Gasteiger partial charge in [0.25, 0.3) is 0 Å². The Bertz CT molecular complexity index is 534. The maximum absolute atomic E-state index is 12.2. The molecule has 1 saturated heterocycles. The van der Waals surface area contributed by atoms with Gasteiger partial charge >= 0.3 is 11.9 Å². The standard InChI is InChI=1S/C12H15NO6S2/c1-4-21(18)12-8(11(16)17)13-9(15)7(10(13)20-12)5(2)19-6(3)14/h5,7,10H,4H2,1-3H3,(H,16,17)/t5?,7?,10-,21?/m1/s1. The summed E-state index contributed by atoms with van der Waals surface area (Å²) < 4.78 is 17.2. The Morgan fingerprint density at radius 2 is 2.19 bits per heavy atom. The highest BCUT2D eigenvalue weighted by Crippen LogP contribution is 2.52. The van der Waals surface area contributed by atoms with Crippen molar-refractivity contribution in [1.82, 2.24) is 4.90 Å². The van der Waals surface area contributed by atoms with Crippen LogP contribution in [0, 0.1) is 5.92 Å². The van der Waals surface area contributed by atoms with Crippen LogP contribution in [0.5, 0.6) is 0 Å². The first-order chi connectivity index (χ1) is 9.79. The fraction of sp³-hybridized carbons (Fsp3) is 0.583. The molecule has 0 radical (unpaired) electrons. The molecule has 1 N–H and O–H groups in total. The van der Waals surface area contributed by atoms with Crippen molar-refractivity contribution >= 4 is 40.8 Å². The minimum Gasteiger partial charge on any atom is -0.611 e. The van der Waals surface area contributed by atoms with Gasteiger partial charge in [-0.05, 0) is 36.8 Å². The first kappa shape index (κ1) is 16.2. The Balaban J connectivity index is 2.24. The minimum absolute atomic E-state index is 0.207. The van der Waals surface area contributed by atoms with Crippen molar-refractivity contribution in [1.29, 1.82) is 0 Å². The van der Waals surface area contributed by atoms with Gasteiger partial charge in [-0.25, -0.2) is 4.79 Å². The number of esters is 1. The van der Waals surface area contributed by atoms with Crippen molar-refractivity contribution in [3.05, 3.63) is 9.93 Å². The number of aliphatic carboxylic acids is 1. The van der Waals surface area contributed by atoms with E-state index in [2.05, 4.69) is 0 Å². The van der Waals surface area contributed by atoms with E-state index < -0.39 is 46.4 Å². The number of rotatable bonds is 5. The lowest BCUT2D eigenvalue weighted by Gasteiger charge is -2.43. The van der Waals surface area contributed by atoms with Crippen molar-refractivity contribution in [2.24, 2.45) is 5.92 Å². The van der Waals surface area contributed by atoms with E-state index in [9.17, 15) is 24.0 Å². The molecule has 2 rings (SSSR count). The quantitative estimate of drug-likeness (QED) is 0.443. The SMILES string of the molecule is CC[S+]([O-])C1=C(C(=O)O)N2C(=O)C(C(C)OC(C)=O)[C@H]2S1. The van der Waals surface area contributed by atoms with Crippen LogP contribution in [0.3, 0.4) is 0 Å². The molecular weight excluding hydrogens is 318 g/mol. The fourth-order valence-corrected chi connectivity index (χ4v) is 5.42. The van der Waals surface area contributed by atoms with Gasteiger partial charge in [0.1, 0.15) is 23.1 Å². The highest BCUT2D eigenvalue weighted by Gasteiger charge is 2.61. The van der Waals surface area contributed by atoms with Crippen LogP contribution in [-0.4, -0.2) is 49.6 Å². The summed E-state index contributed by atoms with van der Waals surface area (Å²) in [5.41, 5.74) is -0.207. The monoisotopic (exact) mass is 333 g/mol. The zero-order chi connectivity index (χ0) is 15.9. The van der Waals surface area contributed by atoms with Gasteiger partial charge in [0.2, 0.25) is 10.1 Å². The van der Waals surface area contributed by atoms with E-state index in [1.54, 1.807) is 13.8 Å². The summed E-state index contributed by atoms with van der Waals surface area (Å²) in [6.45, 7) is 4.52. The number of fused-ring (bicyclic) bond motifs is 1. The Morgan fingerprint density at radius 1 is 1.57 bits per heavy atom. The average Bonchev–Trinajstić information content (AvgIpc) is 2.72. The number of carbonyl (C=O) groups is 3. The van der Waals surface area contributed by atoms with Gasteiger partial charge in [-0.1, -0.05) is 0 Å². The molecule has 2 heterocycles. The van der Waals surface area contributed by atoms with Gasteiger partial charge in [-0.2, -0.15) is 0 Å². The number of carboxylic acid groups (broad SMARTS) is 1. The molecule has 0 aliphatic carbocycles. The molecule has 1 fully saturated rings. The minimum atomic E-state index is -1.45. The van der Waals surface area contributed by atoms with E-state index in [0.717, 1.165) is 16.7 Å². The predicted octanol–water partition coefficient (Wildman–Crippen LogP) is 0.492. The maximum atomic E-state index is 12.2. The maximum Gasteiger partial charge on any atom is 0.358 e. The first-order valence-corrected chi connectivity index (χ1v) is 8.52. The van der Waals surface area contributed by atoms with E-state index in [1.807, 2.05) is 0 Å². The summed E-state index contributed by atoms with van der Waals surface area (Å²) in [5, 5.41) is 8.78. The lowest BCUT2D eigenvalue weighted by atomic mass is 9.92. The highest BCUT2D eigenvalue weighted by molar-refractivity contribution is 8.19. The molecule has 1 amide bonds. The van der Waals surface area contributed by atoms with Gasteiger partial charge in [0.15, 0.2) is 5.70 Å². The highest BCUT2D eigenvalue weighted by atomic mass is 32.3. The molecule has 3 unspecified atom stereocenters. The van der Waals surface area contributed by atoms with Gasteiger partial charge in [-0.15, -0.1) is 0 Å². The van der Waals surface area contributed by atoms with Crippen LogP contribution >= 0.6 is 11.8 Å². The van der Waals surface area contributed by atoms with Crippen molar-refractivity contribution in [2.75, 3.05) is 5.75 Å². The van der Waals surface area contributed by atoms with Crippen LogP contribution in [0.2, 0.25) is 0 Å². The lowest BCUT2D eigenvalue weighted by molar-refractivity contribution is -0.165. The number of ether oxygens (including phenoxy) is 1. The zero-order valence-electron chi connectivity index (χ0n) is 11.7. The van der Waals surface area contributed by atoms with Crippen molar-refractivity contribution in [2.45, 2.75) is 32.2 Å². The first-order valence-electron chi connectivity index (χ1n) is 6.32. The molecule has 0 aromatic rings.